The molecule has 1 saturated heterocycles. The Morgan fingerprint density at radius 3 is 2.91 bits per heavy atom. The fourth-order valence-electron chi connectivity index (χ4n) is 2.95. The number of hydrogen-bond acceptors (Lipinski definition) is 4. The maximum absolute atomic E-state index is 12.5. The van der Waals surface area contributed by atoms with Gasteiger partial charge in [-0.05, 0) is 18.6 Å². The molecule has 0 aliphatic carbocycles. The van der Waals surface area contributed by atoms with Crippen LogP contribution in [-0.2, 0) is 11.3 Å². The maximum atomic E-state index is 12.5. The molecule has 7 nitrogen and oxygen atoms in total. The van der Waals surface area contributed by atoms with Crippen molar-refractivity contribution in [1.82, 2.24) is 29.4 Å². The zero-order valence-electron chi connectivity index (χ0n) is 12.0. The van der Waals surface area contributed by atoms with Gasteiger partial charge in [0.05, 0.1) is 35.8 Å². The third-order valence-corrected chi connectivity index (χ3v) is 4.11. The van der Waals surface area contributed by atoms with Crippen LogP contribution in [0.3, 0.4) is 0 Å². The number of benzene rings is 1. The lowest BCUT2D eigenvalue weighted by Crippen LogP contribution is -2.32. The Bertz CT molecular complexity index is 793. The number of imidazole rings is 1. The first-order valence-corrected chi connectivity index (χ1v) is 7.35. The summed E-state index contributed by atoms with van der Waals surface area (Å²) in [7, 11) is 0. The minimum Gasteiger partial charge on any atom is -0.339 e. The summed E-state index contributed by atoms with van der Waals surface area (Å²) in [6.45, 7) is 1.73. The Hall–Kier alpha value is -2.70. The van der Waals surface area contributed by atoms with E-state index >= 15 is 0 Å². The number of carbonyl (C=O) groups excluding carboxylic acids is 1. The summed E-state index contributed by atoms with van der Waals surface area (Å²) in [4.78, 5) is 20.4. The normalized spacial score (nSPS) is 18.2. The van der Waals surface area contributed by atoms with Crippen molar-refractivity contribution in [2.45, 2.75) is 19.0 Å². The van der Waals surface area contributed by atoms with Crippen molar-refractivity contribution in [3.05, 3.63) is 43.0 Å². The molecule has 1 aliphatic rings. The first kappa shape index (κ1) is 13.0. The Morgan fingerprint density at radius 2 is 2.05 bits per heavy atom. The van der Waals surface area contributed by atoms with Crippen LogP contribution in [0.4, 0.5) is 0 Å². The van der Waals surface area contributed by atoms with E-state index in [0.717, 1.165) is 24.0 Å². The number of nitrogens with zero attached hydrogens (tertiary/aromatic N) is 6. The van der Waals surface area contributed by atoms with Gasteiger partial charge in [-0.3, -0.25) is 4.79 Å². The first-order valence-electron chi connectivity index (χ1n) is 7.35. The van der Waals surface area contributed by atoms with E-state index in [1.807, 2.05) is 33.7 Å². The predicted octanol–water partition coefficient (Wildman–Crippen LogP) is 1.10. The third kappa shape index (κ3) is 2.24. The SMILES string of the molecule is O=C(Cn1cnc2ccccc21)N1CCC(n2nccn2)C1. The van der Waals surface area contributed by atoms with Crippen molar-refractivity contribution in [2.75, 3.05) is 13.1 Å². The molecule has 2 aromatic heterocycles. The predicted molar refractivity (Wildman–Crippen MR) is 80.0 cm³/mol. The quantitative estimate of drug-likeness (QED) is 0.726. The van der Waals surface area contributed by atoms with Gasteiger partial charge in [-0.2, -0.15) is 15.0 Å². The maximum Gasteiger partial charge on any atom is 0.242 e. The highest BCUT2D eigenvalue weighted by molar-refractivity contribution is 5.80. The zero-order chi connectivity index (χ0) is 14.9. The van der Waals surface area contributed by atoms with E-state index in [9.17, 15) is 4.79 Å². The van der Waals surface area contributed by atoms with Crippen LogP contribution in [0, 0.1) is 0 Å². The van der Waals surface area contributed by atoms with Crippen molar-refractivity contribution in [3.63, 3.8) is 0 Å². The molecule has 4 rings (SSSR count). The standard InChI is InChI=1S/C15H16N6O/c22-15(10-20-11-16-13-3-1-2-4-14(13)20)19-8-5-12(9-19)21-17-6-7-18-21/h1-4,6-7,11-12H,5,8-10H2. The molecular formula is C15H16N6O. The molecule has 3 heterocycles. The lowest BCUT2D eigenvalue weighted by Gasteiger charge is -2.16. The molecule has 0 spiro atoms. The van der Waals surface area contributed by atoms with Crippen LogP contribution in [0.5, 0.6) is 0 Å². The minimum atomic E-state index is 0.109. The second-order valence-corrected chi connectivity index (χ2v) is 5.49. The highest BCUT2D eigenvalue weighted by Crippen LogP contribution is 2.20. The molecular weight excluding hydrogens is 280 g/mol. The van der Waals surface area contributed by atoms with Gasteiger partial charge in [0.15, 0.2) is 0 Å². The molecule has 1 aromatic carbocycles. The molecule has 1 unspecified atom stereocenters. The molecule has 22 heavy (non-hydrogen) atoms. The van der Waals surface area contributed by atoms with Crippen LogP contribution >= 0.6 is 0 Å². The molecule has 0 N–H and O–H groups in total. The van der Waals surface area contributed by atoms with Crippen LogP contribution in [0.1, 0.15) is 12.5 Å². The van der Waals surface area contributed by atoms with Crippen molar-refractivity contribution in [3.8, 4) is 0 Å². The lowest BCUT2D eigenvalue weighted by atomic mass is 10.3. The van der Waals surface area contributed by atoms with Gasteiger partial charge in [0.2, 0.25) is 5.91 Å². The van der Waals surface area contributed by atoms with Crippen LogP contribution in [-0.4, -0.2) is 48.4 Å². The lowest BCUT2D eigenvalue weighted by molar-refractivity contribution is -0.130. The fourth-order valence-corrected chi connectivity index (χ4v) is 2.95. The van der Waals surface area contributed by atoms with E-state index < -0.39 is 0 Å². The second kappa shape index (κ2) is 5.25. The molecule has 1 fully saturated rings. The van der Waals surface area contributed by atoms with Crippen LogP contribution < -0.4 is 0 Å². The number of para-hydroxylation sites is 2. The van der Waals surface area contributed by atoms with Crippen molar-refractivity contribution >= 4 is 16.9 Å². The average molecular weight is 296 g/mol. The highest BCUT2D eigenvalue weighted by Gasteiger charge is 2.28. The number of fused-ring (bicyclic) bond motifs is 1. The molecule has 1 aliphatic heterocycles. The van der Waals surface area contributed by atoms with Gasteiger partial charge in [-0.15, -0.1) is 0 Å². The molecule has 7 heteroatoms. The smallest absolute Gasteiger partial charge is 0.242 e. The van der Waals surface area contributed by atoms with Crippen molar-refractivity contribution in [1.29, 1.82) is 0 Å². The van der Waals surface area contributed by atoms with E-state index in [4.69, 9.17) is 0 Å². The molecule has 0 saturated carbocycles. The topological polar surface area (TPSA) is 68.8 Å². The molecule has 0 radical (unpaired) electrons. The van der Waals surface area contributed by atoms with Gasteiger partial charge in [-0.1, -0.05) is 12.1 Å². The fraction of sp³-hybridized carbons (Fsp3) is 0.333. The minimum absolute atomic E-state index is 0.109. The van der Waals surface area contributed by atoms with E-state index in [0.29, 0.717) is 13.1 Å². The Balaban J connectivity index is 1.47. The number of aromatic nitrogens is 5. The van der Waals surface area contributed by atoms with Gasteiger partial charge in [0.25, 0.3) is 0 Å². The summed E-state index contributed by atoms with van der Waals surface area (Å²) in [5.74, 6) is 0.109. The summed E-state index contributed by atoms with van der Waals surface area (Å²) in [6.07, 6.45) is 5.96. The van der Waals surface area contributed by atoms with Gasteiger partial charge in [-0.25, -0.2) is 4.98 Å². The Morgan fingerprint density at radius 1 is 1.23 bits per heavy atom. The molecule has 3 aromatic rings. The Kier molecular flexibility index (Phi) is 3.10. The summed E-state index contributed by atoms with van der Waals surface area (Å²) >= 11 is 0. The van der Waals surface area contributed by atoms with Gasteiger partial charge in [0, 0.05) is 13.1 Å². The average Bonchev–Trinajstić information content (AvgIpc) is 3.28. The summed E-state index contributed by atoms with van der Waals surface area (Å²) < 4.78 is 1.90. The number of carbonyl (C=O) groups is 1. The van der Waals surface area contributed by atoms with Gasteiger partial charge in [0.1, 0.15) is 6.54 Å². The van der Waals surface area contributed by atoms with E-state index in [1.165, 1.54) is 0 Å². The van der Waals surface area contributed by atoms with Crippen LogP contribution in [0.2, 0.25) is 0 Å². The van der Waals surface area contributed by atoms with Gasteiger partial charge >= 0.3 is 0 Å². The molecule has 1 amide bonds. The van der Waals surface area contributed by atoms with E-state index in [-0.39, 0.29) is 11.9 Å². The third-order valence-electron chi connectivity index (χ3n) is 4.11. The van der Waals surface area contributed by atoms with E-state index in [2.05, 4.69) is 15.2 Å². The number of hydrogen-bond donors (Lipinski definition) is 0. The number of amides is 1. The van der Waals surface area contributed by atoms with Crippen LogP contribution in [0.15, 0.2) is 43.0 Å². The second-order valence-electron chi connectivity index (χ2n) is 5.49. The summed E-state index contributed by atoms with van der Waals surface area (Å²) in [5, 5.41) is 8.32. The van der Waals surface area contributed by atoms with Gasteiger partial charge < -0.3 is 9.47 Å². The first-order chi connectivity index (χ1) is 10.8. The molecule has 112 valence electrons. The van der Waals surface area contributed by atoms with Crippen LogP contribution in [0.25, 0.3) is 11.0 Å². The largest absolute Gasteiger partial charge is 0.339 e. The number of likely N-dealkylation sites (tertiary alicyclic amines) is 1. The van der Waals surface area contributed by atoms with Crippen molar-refractivity contribution in [2.24, 2.45) is 0 Å². The molecule has 1 atom stereocenters. The highest BCUT2D eigenvalue weighted by atomic mass is 16.2. The summed E-state index contributed by atoms with van der Waals surface area (Å²) in [5.41, 5.74) is 1.90. The monoisotopic (exact) mass is 296 g/mol. The van der Waals surface area contributed by atoms with E-state index in [1.54, 1.807) is 23.5 Å². The molecule has 0 bridgehead atoms. The van der Waals surface area contributed by atoms with Crippen molar-refractivity contribution < 1.29 is 4.79 Å². The summed E-state index contributed by atoms with van der Waals surface area (Å²) in [6, 6.07) is 8.02. The Labute approximate surface area is 127 Å². The number of rotatable bonds is 3. The zero-order valence-corrected chi connectivity index (χ0v) is 12.0.